The zero-order valence-corrected chi connectivity index (χ0v) is 11.7. The number of nitrogens with zero attached hydrogens (tertiary/aromatic N) is 1. The van der Waals surface area contributed by atoms with E-state index in [2.05, 4.69) is 4.72 Å². The first-order chi connectivity index (χ1) is 8.56. The van der Waals surface area contributed by atoms with Gasteiger partial charge in [-0.3, -0.25) is 0 Å². The smallest absolute Gasteiger partial charge is 0.202 e. The average molecular weight is 268 g/mol. The van der Waals surface area contributed by atoms with E-state index in [1.54, 1.807) is 7.05 Å². The highest BCUT2D eigenvalue weighted by Gasteiger charge is 2.16. The van der Waals surface area contributed by atoms with Gasteiger partial charge in [0.1, 0.15) is 0 Å². The molecule has 0 saturated carbocycles. The first-order valence-electron chi connectivity index (χ1n) is 5.92. The molecule has 18 heavy (non-hydrogen) atoms. The highest BCUT2D eigenvalue weighted by atomic mass is 32.2. The van der Waals surface area contributed by atoms with Crippen LogP contribution in [0.4, 0.5) is 0 Å². The van der Waals surface area contributed by atoms with Crippen molar-refractivity contribution < 1.29 is 8.42 Å². The minimum Gasteiger partial charge on any atom is -0.202 e. The van der Waals surface area contributed by atoms with Crippen LogP contribution in [0.25, 0.3) is 0 Å². The van der Waals surface area contributed by atoms with Gasteiger partial charge in [-0.25, -0.2) is 4.72 Å². The lowest BCUT2D eigenvalue weighted by atomic mass is 10.2. The standard InChI is InChI=1S/C13H20N2O2S/c1-3-4-8-11-14-18(16,17)15(2)12-13-9-6-5-7-10-13/h3-7,9-10,14H,8,11-12H2,1-2H3/b4-3+. The molecule has 0 aliphatic heterocycles. The molecule has 5 heteroatoms. The maximum atomic E-state index is 11.9. The van der Waals surface area contributed by atoms with E-state index >= 15 is 0 Å². The molecule has 0 heterocycles. The van der Waals surface area contributed by atoms with Crippen molar-refractivity contribution in [2.75, 3.05) is 13.6 Å². The molecule has 0 aromatic heterocycles. The Labute approximate surface area is 110 Å². The number of hydrogen-bond acceptors (Lipinski definition) is 2. The largest absolute Gasteiger partial charge is 0.279 e. The quantitative estimate of drug-likeness (QED) is 0.606. The molecule has 0 saturated heterocycles. The van der Waals surface area contributed by atoms with Crippen LogP contribution in [-0.2, 0) is 16.8 Å². The van der Waals surface area contributed by atoms with Crippen LogP contribution < -0.4 is 4.72 Å². The lowest BCUT2D eigenvalue weighted by Gasteiger charge is -2.17. The molecule has 1 N–H and O–H groups in total. The van der Waals surface area contributed by atoms with Gasteiger partial charge in [-0.15, -0.1) is 0 Å². The zero-order chi connectivity index (χ0) is 13.4. The van der Waals surface area contributed by atoms with Crippen LogP contribution in [-0.4, -0.2) is 26.3 Å². The van der Waals surface area contributed by atoms with Crippen molar-refractivity contribution in [1.82, 2.24) is 9.03 Å². The maximum Gasteiger partial charge on any atom is 0.279 e. The van der Waals surface area contributed by atoms with Crippen molar-refractivity contribution in [2.24, 2.45) is 0 Å². The molecule has 0 unspecified atom stereocenters. The Morgan fingerprint density at radius 2 is 1.94 bits per heavy atom. The van der Waals surface area contributed by atoms with Crippen LogP contribution >= 0.6 is 0 Å². The Morgan fingerprint density at radius 1 is 1.28 bits per heavy atom. The van der Waals surface area contributed by atoms with Crippen molar-refractivity contribution in [1.29, 1.82) is 0 Å². The molecule has 1 aromatic carbocycles. The highest BCUT2D eigenvalue weighted by molar-refractivity contribution is 7.87. The SMILES string of the molecule is C/C=C/CCNS(=O)(=O)N(C)Cc1ccccc1. The van der Waals surface area contributed by atoms with Crippen LogP contribution in [0.15, 0.2) is 42.5 Å². The number of allylic oxidation sites excluding steroid dienone is 1. The second kappa shape index (κ2) is 7.31. The van der Waals surface area contributed by atoms with Gasteiger partial charge in [-0.1, -0.05) is 42.5 Å². The molecule has 1 rings (SSSR count). The summed E-state index contributed by atoms with van der Waals surface area (Å²) in [5.41, 5.74) is 0.971. The second-order valence-electron chi connectivity index (χ2n) is 4.00. The van der Waals surface area contributed by atoms with Gasteiger partial charge in [0, 0.05) is 20.1 Å². The van der Waals surface area contributed by atoms with E-state index in [9.17, 15) is 8.42 Å². The minimum atomic E-state index is -3.39. The van der Waals surface area contributed by atoms with Gasteiger partial charge < -0.3 is 0 Å². The third-order valence-corrected chi connectivity index (χ3v) is 4.01. The summed E-state index contributed by atoms with van der Waals surface area (Å²) in [6, 6.07) is 9.52. The summed E-state index contributed by atoms with van der Waals surface area (Å²) in [5, 5.41) is 0. The molecule has 0 radical (unpaired) electrons. The normalized spacial score (nSPS) is 12.4. The van der Waals surface area contributed by atoms with Gasteiger partial charge in [0.2, 0.25) is 0 Å². The van der Waals surface area contributed by atoms with E-state index in [1.807, 2.05) is 49.4 Å². The molecule has 0 aliphatic rings. The van der Waals surface area contributed by atoms with Gasteiger partial charge in [-0.2, -0.15) is 12.7 Å². The summed E-state index contributed by atoms with van der Waals surface area (Å²) in [5.74, 6) is 0. The van der Waals surface area contributed by atoms with E-state index in [-0.39, 0.29) is 0 Å². The van der Waals surface area contributed by atoms with Gasteiger partial charge in [0.05, 0.1) is 0 Å². The molecular formula is C13H20N2O2S. The Kier molecular flexibility index (Phi) is 6.04. The molecular weight excluding hydrogens is 248 g/mol. The van der Waals surface area contributed by atoms with Crippen LogP contribution in [0.3, 0.4) is 0 Å². The molecule has 0 aliphatic carbocycles. The van der Waals surface area contributed by atoms with E-state index in [1.165, 1.54) is 4.31 Å². The third kappa shape index (κ3) is 5.00. The van der Waals surface area contributed by atoms with E-state index < -0.39 is 10.2 Å². The molecule has 0 atom stereocenters. The Hall–Kier alpha value is -1.17. The van der Waals surface area contributed by atoms with Gasteiger partial charge in [0.25, 0.3) is 10.2 Å². The Balaban J connectivity index is 2.51. The minimum absolute atomic E-state index is 0.375. The Morgan fingerprint density at radius 3 is 2.56 bits per heavy atom. The van der Waals surface area contributed by atoms with Gasteiger partial charge >= 0.3 is 0 Å². The van der Waals surface area contributed by atoms with Gasteiger partial charge in [0.15, 0.2) is 0 Å². The molecule has 0 amide bonds. The molecule has 1 aromatic rings. The third-order valence-electron chi connectivity index (χ3n) is 2.49. The molecule has 0 spiro atoms. The van der Waals surface area contributed by atoms with Gasteiger partial charge in [-0.05, 0) is 18.9 Å². The molecule has 4 nitrogen and oxygen atoms in total. The fourth-order valence-corrected chi connectivity index (χ4v) is 2.39. The second-order valence-corrected chi connectivity index (χ2v) is 5.86. The first kappa shape index (κ1) is 14.9. The van der Waals surface area contributed by atoms with Crippen molar-refractivity contribution in [3.05, 3.63) is 48.0 Å². The van der Waals surface area contributed by atoms with Crippen molar-refractivity contribution >= 4 is 10.2 Å². The van der Waals surface area contributed by atoms with E-state index in [0.717, 1.165) is 5.56 Å². The first-order valence-corrected chi connectivity index (χ1v) is 7.36. The monoisotopic (exact) mass is 268 g/mol. The molecule has 100 valence electrons. The summed E-state index contributed by atoms with van der Waals surface area (Å²) in [7, 11) is -1.82. The fraction of sp³-hybridized carbons (Fsp3) is 0.385. The molecule has 0 bridgehead atoms. The topological polar surface area (TPSA) is 49.4 Å². The fourth-order valence-electron chi connectivity index (χ4n) is 1.47. The predicted octanol–water partition coefficient (Wildman–Crippen LogP) is 1.92. The summed E-state index contributed by atoms with van der Waals surface area (Å²) in [4.78, 5) is 0. The summed E-state index contributed by atoms with van der Waals surface area (Å²) >= 11 is 0. The van der Waals surface area contributed by atoms with Crippen LogP contribution in [0.2, 0.25) is 0 Å². The summed E-state index contributed by atoms with van der Waals surface area (Å²) < 4.78 is 27.7. The lowest BCUT2D eigenvalue weighted by Crippen LogP contribution is -2.38. The van der Waals surface area contributed by atoms with E-state index in [4.69, 9.17) is 0 Å². The molecule has 0 fully saturated rings. The van der Waals surface area contributed by atoms with Crippen LogP contribution in [0.1, 0.15) is 18.9 Å². The Bertz CT molecular complexity index is 469. The number of hydrogen-bond donors (Lipinski definition) is 1. The maximum absolute atomic E-state index is 11.9. The number of benzene rings is 1. The van der Waals surface area contributed by atoms with Crippen molar-refractivity contribution in [3.8, 4) is 0 Å². The van der Waals surface area contributed by atoms with E-state index in [0.29, 0.717) is 19.5 Å². The summed E-state index contributed by atoms with van der Waals surface area (Å²) in [6.45, 7) is 2.71. The lowest BCUT2D eigenvalue weighted by molar-refractivity contribution is 0.455. The summed E-state index contributed by atoms with van der Waals surface area (Å²) in [6.07, 6.45) is 4.54. The van der Waals surface area contributed by atoms with Crippen LogP contribution in [0.5, 0.6) is 0 Å². The van der Waals surface area contributed by atoms with Crippen LogP contribution in [0, 0.1) is 0 Å². The highest BCUT2D eigenvalue weighted by Crippen LogP contribution is 2.05. The van der Waals surface area contributed by atoms with Crippen molar-refractivity contribution in [2.45, 2.75) is 19.9 Å². The average Bonchev–Trinajstić information content (AvgIpc) is 2.36. The zero-order valence-electron chi connectivity index (χ0n) is 10.8. The predicted molar refractivity (Wildman–Crippen MR) is 74.3 cm³/mol. The number of nitrogens with one attached hydrogen (secondary N) is 1. The number of rotatable bonds is 7. The van der Waals surface area contributed by atoms with Crippen molar-refractivity contribution in [3.63, 3.8) is 0 Å².